The summed E-state index contributed by atoms with van der Waals surface area (Å²) in [5.41, 5.74) is 0. The molecule has 0 bridgehead atoms. The number of aliphatic hydroxyl groups is 4. The van der Waals surface area contributed by atoms with Gasteiger partial charge >= 0.3 is 0 Å². The SMILES string of the molecule is CC(C)[C@@H]1CC[C@@H](C)C[C@@H]1O[C@@H]1O[C@H](CO)[C@@H](O)[C@H](O)[C@H]1O. The Kier molecular flexibility index (Phi) is 6.22. The predicted molar refractivity (Wildman–Crippen MR) is 80.0 cm³/mol. The highest BCUT2D eigenvalue weighted by atomic mass is 16.7. The molecule has 6 nitrogen and oxygen atoms in total. The van der Waals surface area contributed by atoms with Crippen molar-refractivity contribution >= 4 is 0 Å². The quantitative estimate of drug-likeness (QED) is 0.593. The van der Waals surface area contributed by atoms with Crippen LogP contribution in [0.15, 0.2) is 0 Å². The topological polar surface area (TPSA) is 99.4 Å². The number of rotatable bonds is 4. The lowest BCUT2D eigenvalue weighted by Crippen LogP contribution is -2.60. The van der Waals surface area contributed by atoms with E-state index in [-0.39, 0.29) is 6.10 Å². The Morgan fingerprint density at radius 2 is 1.77 bits per heavy atom. The van der Waals surface area contributed by atoms with Crippen molar-refractivity contribution in [1.29, 1.82) is 0 Å². The van der Waals surface area contributed by atoms with Crippen molar-refractivity contribution in [2.75, 3.05) is 6.61 Å². The van der Waals surface area contributed by atoms with E-state index in [1.54, 1.807) is 0 Å². The fraction of sp³-hybridized carbons (Fsp3) is 1.00. The van der Waals surface area contributed by atoms with Gasteiger partial charge in [-0.1, -0.05) is 27.2 Å². The van der Waals surface area contributed by atoms with E-state index in [0.29, 0.717) is 17.8 Å². The van der Waals surface area contributed by atoms with Crippen LogP contribution >= 0.6 is 0 Å². The molecule has 2 rings (SSSR count). The van der Waals surface area contributed by atoms with Gasteiger partial charge in [-0.2, -0.15) is 0 Å². The number of hydrogen-bond acceptors (Lipinski definition) is 6. The third-order valence-corrected chi connectivity index (χ3v) is 5.12. The summed E-state index contributed by atoms with van der Waals surface area (Å²) in [6.07, 6.45) is -2.90. The highest BCUT2D eigenvalue weighted by Gasteiger charge is 2.46. The maximum atomic E-state index is 10.1. The highest BCUT2D eigenvalue weighted by Crippen LogP contribution is 2.37. The van der Waals surface area contributed by atoms with Gasteiger partial charge < -0.3 is 29.9 Å². The first kappa shape index (κ1) is 18.1. The zero-order chi connectivity index (χ0) is 16.4. The monoisotopic (exact) mass is 318 g/mol. The molecule has 0 aromatic heterocycles. The molecule has 1 heterocycles. The second-order valence-corrected chi connectivity index (χ2v) is 7.20. The second-order valence-electron chi connectivity index (χ2n) is 7.20. The first-order chi connectivity index (χ1) is 10.3. The van der Waals surface area contributed by atoms with Gasteiger partial charge in [0.05, 0.1) is 12.7 Å². The van der Waals surface area contributed by atoms with Gasteiger partial charge in [0.15, 0.2) is 6.29 Å². The van der Waals surface area contributed by atoms with Gasteiger partial charge in [0.2, 0.25) is 0 Å². The van der Waals surface area contributed by atoms with E-state index in [2.05, 4.69) is 20.8 Å². The van der Waals surface area contributed by atoms with Crippen LogP contribution in [0.25, 0.3) is 0 Å². The lowest BCUT2D eigenvalue weighted by atomic mass is 9.75. The third kappa shape index (κ3) is 3.80. The molecule has 0 unspecified atom stereocenters. The van der Waals surface area contributed by atoms with Crippen molar-refractivity contribution in [3.63, 3.8) is 0 Å². The van der Waals surface area contributed by atoms with Gasteiger partial charge in [-0.05, 0) is 30.6 Å². The first-order valence-corrected chi connectivity index (χ1v) is 8.31. The van der Waals surface area contributed by atoms with Crippen LogP contribution in [0.5, 0.6) is 0 Å². The molecule has 0 spiro atoms. The van der Waals surface area contributed by atoms with Crippen LogP contribution in [0.3, 0.4) is 0 Å². The largest absolute Gasteiger partial charge is 0.394 e. The first-order valence-electron chi connectivity index (χ1n) is 8.31. The Bertz CT molecular complexity index is 348. The molecule has 22 heavy (non-hydrogen) atoms. The molecule has 130 valence electrons. The Labute approximate surface area is 132 Å². The summed E-state index contributed by atoms with van der Waals surface area (Å²) < 4.78 is 11.4. The molecule has 1 aliphatic carbocycles. The summed E-state index contributed by atoms with van der Waals surface area (Å²) in [4.78, 5) is 0. The summed E-state index contributed by atoms with van der Waals surface area (Å²) in [5, 5.41) is 39.0. The summed E-state index contributed by atoms with van der Waals surface area (Å²) in [5.74, 6) is 1.39. The minimum atomic E-state index is -1.38. The minimum Gasteiger partial charge on any atom is -0.394 e. The van der Waals surface area contributed by atoms with Gasteiger partial charge in [0.1, 0.15) is 24.4 Å². The van der Waals surface area contributed by atoms with E-state index < -0.39 is 37.3 Å². The van der Waals surface area contributed by atoms with E-state index in [0.717, 1.165) is 19.3 Å². The van der Waals surface area contributed by atoms with Crippen LogP contribution in [0.2, 0.25) is 0 Å². The van der Waals surface area contributed by atoms with Crippen molar-refractivity contribution in [2.24, 2.45) is 17.8 Å². The maximum Gasteiger partial charge on any atom is 0.186 e. The van der Waals surface area contributed by atoms with Crippen LogP contribution in [-0.4, -0.2) is 63.8 Å². The number of hydrogen-bond donors (Lipinski definition) is 4. The molecule has 1 saturated carbocycles. The van der Waals surface area contributed by atoms with E-state index in [1.807, 2.05) is 0 Å². The van der Waals surface area contributed by atoms with Crippen LogP contribution in [0.4, 0.5) is 0 Å². The molecule has 0 amide bonds. The Morgan fingerprint density at radius 3 is 2.36 bits per heavy atom. The smallest absolute Gasteiger partial charge is 0.186 e. The maximum absolute atomic E-state index is 10.1. The van der Waals surface area contributed by atoms with Crippen LogP contribution < -0.4 is 0 Å². The summed E-state index contributed by atoms with van der Waals surface area (Å²) in [7, 11) is 0. The van der Waals surface area contributed by atoms with Crippen molar-refractivity contribution in [2.45, 2.75) is 76.8 Å². The van der Waals surface area contributed by atoms with E-state index in [1.165, 1.54) is 0 Å². The van der Waals surface area contributed by atoms with Gasteiger partial charge in [-0.3, -0.25) is 0 Å². The van der Waals surface area contributed by atoms with Crippen LogP contribution in [0.1, 0.15) is 40.0 Å². The standard InChI is InChI=1S/C16H30O6/c1-8(2)10-5-4-9(3)6-11(10)21-16-15(20)14(19)13(18)12(7-17)22-16/h8-20H,4-7H2,1-3H3/t9-,10+,11+,12-,13-,14+,15-,16-/m1/s1. The Morgan fingerprint density at radius 1 is 1.09 bits per heavy atom. The lowest BCUT2D eigenvalue weighted by Gasteiger charge is -2.44. The second kappa shape index (κ2) is 7.55. The molecule has 0 aromatic rings. The van der Waals surface area contributed by atoms with Gasteiger partial charge in [0.25, 0.3) is 0 Å². The molecular weight excluding hydrogens is 288 g/mol. The minimum absolute atomic E-state index is 0.0508. The number of ether oxygens (including phenoxy) is 2. The zero-order valence-electron chi connectivity index (χ0n) is 13.6. The highest BCUT2D eigenvalue weighted by molar-refractivity contribution is 4.90. The van der Waals surface area contributed by atoms with Crippen molar-refractivity contribution in [3.05, 3.63) is 0 Å². The lowest BCUT2D eigenvalue weighted by molar-refractivity contribution is -0.318. The zero-order valence-corrected chi connectivity index (χ0v) is 13.6. The normalized spacial score (nSPS) is 46.9. The molecule has 0 radical (unpaired) electrons. The van der Waals surface area contributed by atoms with Crippen molar-refractivity contribution < 1.29 is 29.9 Å². The predicted octanol–water partition coefficient (Wildman–Crippen LogP) is 0.264. The molecule has 2 aliphatic rings. The molecular formula is C16H30O6. The average Bonchev–Trinajstić information content (AvgIpc) is 2.47. The molecule has 2 fully saturated rings. The van der Waals surface area contributed by atoms with Gasteiger partial charge in [0, 0.05) is 0 Å². The molecule has 1 saturated heterocycles. The Balaban J connectivity index is 2.06. The van der Waals surface area contributed by atoms with Gasteiger partial charge in [-0.15, -0.1) is 0 Å². The Hall–Kier alpha value is -0.240. The molecule has 1 aliphatic heterocycles. The fourth-order valence-electron chi connectivity index (χ4n) is 3.62. The third-order valence-electron chi connectivity index (χ3n) is 5.12. The van der Waals surface area contributed by atoms with Crippen molar-refractivity contribution in [1.82, 2.24) is 0 Å². The molecule has 0 aromatic carbocycles. The van der Waals surface area contributed by atoms with E-state index >= 15 is 0 Å². The summed E-state index contributed by atoms with van der Waals surface area (Å²) in [6.45, 7) is 6.06. The number of aliphatic hydroxyl groups excluding tert-OH is 4. The molecule has 6 heteroatoms. The molecule has 8 atom stereocenters. The van der Waals surface area contributed by atoms with Crippen LogP contribution in [-0.2, 0) is 9.47 Å². The average molecular weight is 318 g/mol. The van der Waals surface area contributed by atoms with Crippen molar-refractivity contribution in [3.8, 4) is 0 Å². The van der Waals surface area contributed by atoms with E-state index in [9.17, 15) is 20.4 Å². The fourth-order valence-corrected chi connectivity index (χ4v) is 3.62. The van der Waals surface area contributed by atoms with Crippen LogP contribution in [0, 0.1) is 17.8 Å². The summed E-state index contributed by atoms with van der Waals surface area (Å²) >= 11 is 0. The summed E-state index contributed by atoms with van der Waals surface area (Å²) in [6, 6.07) is 0. The van der Waals surface area contributed by atoms with E-state index in [4.69, 9.17) is 9.47 Å². The van der Waals surface area contributed by atoms with Gasteiger partial charge in [-0.25, -0.2) is 0 Å². The molecule has 4 N–H and O–H groups in total.